The maximum absolute atomic E-state index is 12.3. The van der Waals surface area contributed by atoms with E-state index in [4.69, 9.17) is 9.15 Å². The van der Waals surface area contributed by atoms with Crippen LogP contribution in [0, 0.1) is 5.92 Å². The van der Waals surface area contributed by atoms with Crippen molar-refractivity contribution in [2.45, 2.75) is 5.92 Å². The van der Waals surface area contributed by atoms with Crippen LogP contribution in [0.4, 0.5) is 4.79 Å². The molecule has 1 aromatic carbocycles. The van der Waals surface area contributed by atoms with E-state index in [2.05, 4.69) is 4.74 Å². The Labute approximate surface area is 144 Å². The number of hydrogen-bond donors (Lipinski definition) is 0. The molecule has 7 nitrogen and oxygen atoms in total. The molecule has 0 N–H and O–H groups in total. The van der Waals surface area contributed by atoms with Crippen molar-refractivity contribution in [3.8, 4) is 5.75 Å². The molecule has 1 amide bonds. The van der Waals surface area contributed by atoms with E-state index in [0.717, 1.165) is 6.29 Å². The normalized spacial score (nSPS) is 19.5. The molecule has 2 aromatic rings. The monoisotopic (exact) mass is 343 g/mol. The molecule has 7 heteroatoms. The summed E-state index contributed by atoms with van der Waals surface area (Å²) in [5.41, 5.74) is 0.363. The summed E-state index contributed by atoms with van der Waals surface area (Å²) >= 11 is 0. The molecule has 0 saturated carbocycles. The Morgan fingerprint density at radius 2 is 1.96 bits per heavy atom. The number of furan rings is 1. The first-order valence-corrected chi connectivity index (χ1v) is 7.76. The van der Waals surface area contributed by atoms with Crippen LogP contribution in [0.3, 0.4) is 0 Å². The van der Waals surface area contributed by atoms with Crippen LogP contribution in [0.2, 0.25) is 0 Å². The van der Waals surface area contributed by atoms with Crippen LogP contribution in [0.1, 0.15) is 22.0 Å². The summed E-state index contributed by atoms with van der Waals surface area (Å²) in [6.07, 6.45) is 1.83. The van der Waals surface area contributed by atoms with E-state index < -0.39 is 12.1 Å². The average molecular weight is 343 g/mol. The van der Waals surface area contributed by atoms with Gasteiger partial charge in [0.15, 0.2) is 0 Å². The van der Waals surface area contributed by atoms with E-state index in [-0.39, 0.29) is 18.4 Å². The van der Waals surface area contributed by atoms with Crippen molar-refractivity contribution in [1.29, 1.82) is 0 Å². The Hall–Kier alpha value is -3.09. The molecule has 1 aliphatic heterocycles. The highest BCUT2D eigenvalue weighted by atomic mass is 16.6. The van der Waals surface area contributed by atoms with Crippen molar-refractivity contribution in [2.24, 2.45) is 5.92 Å². The molecule has 0 unspecified atom stereocenters. The van der Waals surface area contributed by atoms with Crippen molar-refractivity contribution in [1.82, 2.24) is 4.90 Å². The van der Waals surface area contributed by atoms with E-state index in [1.807, 2.05) is 0 Å². The van der Waals surface area contributed by atoms with Crippen molar-refractivity contribution in [2.75, 3.05) is 20.2 Å². The van der Waals surface area contributed by atoms with E-state index in [0.29, 0.717) is 23.6 Å². The summed E-state index contributed by atoms with van der Waals surface area (Å²) in [6.45, 7) is 0.615. The Morgan fingerprint density at radius 3 is 2.56 bits per heavy atom. The summed E-state index contributed by atoms with van der Waals surface area (Å²) in [4.78, 5) is 36.5. The molecular weight excluding hydrogens is 326 g/mol. The number of esters is 1. The maximum Gasteiger partial charge on any atom is 0.415 e. The summed E-state index contributed by atoms with van der Waals surface area (Å²) in [5, 5.41) is 0. The lowest BCUT2D eigenvalue weighted by atomic mass is 9.95. The highest BCUT2D eigenvalue weighted by Crippen LogP contribution is 2.32. The van der Waals surface area contributed by atoms with Crippen molar-refractivity contribution in [3.05, 3.63) is 54.0 Å². The van der Waals surface area contributed by atoms with Gasteiger partial charge in [-0.25, -0.2) is 9.59 Å². The third kappa shape index (κ3) is 3.55. The van der Waals surface area contributed by atoms with Gasteiger partial charge in [-0.1, -0.05) is 0 Å². The first-order chi connectivity index (χ1) is 12.1. The number of amides is 1. The van der Waals surface area contributed by atoms with Crippen molar-refractivity contribution < 1.29 is 28.3 Å². The van der Waals surface area contributed by atoms with E-state index in [9.17, 15) is 14.4 Å². The van der Waals surface area contributed by atoms with Crippen LogP contribution < -0.4 is 4.74 Å². The first-order valence-electron chi connectivity index (χ1n) is 7.76. The number of carbonyl (C=O) groups is 3. The highest BCUT2D eigenvalue weighted by molar-refractivity contribution is 5.89. The Bertz CT molecular complexity index is 752. The van der Waals surface area contributed by atoms with Gasteiger partial charge in [0, 0.05) is 24.9 Å². The Morgan fingerprint density at radius 1 is 1.20 bits per heavy atom. The molecule has 0 radical (unpaired) electrons. The minimum Gasteiger partial charge on any atom is -0.469 e. The number of rotatable bonds is 4. The number of methoxy groups -OCH3 is 1. The average Bonchev–Trinajstić information content (AvgIpc) is 3.30. The lowest BCUT2D eigenvalue weighted by Crippen LogP contribution is -2.31. The summed E-state index contributed by atoms with van der Waals surface area (Å²) in [5.74, 6) is 0.00581. The molecule has 1 aliphatic rings. The van der Waals surface area contributed by atoms with Crippen molar-refractivity contribution in [3.63, 3.8) is 0 Å². The molecule has 0 bridgehead atoms. The number of carbonyl (C=O) groups excluding carboxylic acids is 3. The van der Waals surface area contributed by atoms with E-state index >= 15 is 0 Å². The van der Waals surface area contributed by atoms with E-state index in [1.54, 1.807) is 18.4 Å². The second-order valence-electron chi connectivity index (χ2n) is 5.71. The predicted octanol–water partition coefficient (Wildman–Crippen LogP) is 2.48. The van der Waals surface area contributed by atoms with Crippen LogP contribution in [0.25, 0.3) is 0 Å². The molecule has 25 heavy (non-hydrogen) atoms. The number of ether oxygens (including phenoxy) is 2. The van der Waals surface area contributed by atoms with Gasteiger partial charge in [-0.05, 0) is 36.4 Å². The van der Waals surface area contributed by atoms with Gasteiger partial charge in [-0.15, -0.1) is 0 Å². The second-order valence-corrected chi connectivity index (χ2v) is 5.71. The van der Waals surface area contributed by atoms with Gasteiger partial charge in [0.25, 0.3) is 0 Å². The Balaban J connectivity index is 1.65. The number of nitrogens with zero attached hydrogens (tertiary/aromatic N) is 1. The molecule has 0 aliphatic carbocycles. The van der Waals surface area contributed by atoms with Crippen LogP contribution in [0.15, 0.2) is 47.1 Å². The van der Waals surface area contributed by atoms with Gasteiger partial charge < -0.3 is 23.6 Å². The minimum absolute atomic E-state index is 0.179. The lowest BCUT2D eigenvalue weighted by Gasteiger charge is -2.15. The fraction of sp³-hybridized carbons (Fsp3) is 0.278. The summed E-state index contributed by atoms with van der Waals surface area (Å²) in [6, 6.07) is 9.60. The molecule has 3 rings (SSSR count). The van der Waals surface area contributed by atoms with Crippen molar-refractivity contribution >= 4 is 18.3 Å². The summed E-state index contributed by atoms with van der Waals surface area (Å²) in [7, 11) is 1.29. The third-order valence-electron chi connectivity index (χ3n) is 4.19. The quantitative estimate of drug-likeness (QED) is 0.626. The van der Waals surface area contributed by atoms with Crippen LogP contribution in [0.5, 0.6) is 5.75 Å². The molecule has 130 valence electrons. The topological polar surface area (TPSA) is 86.1 Å². The smallest absolute Gasteiger partial charge is 0.415 e. The second kappa shape index (κ2) is 7.21. The van der Waals surface area contributed by atoms with Gasteiger partial charge in [0.05, 0.1) is 18.9 Å². The highest BCUT2D eigenvalue weighted by Gasteiger charge is 2.38. The predicted molar refractivity (Wildman–Crippen MR) is 86.4 cm³/mol. The van der Waals surface area contributed by atoms with Gasteiger partial charge >= 0.3 is 12.1 Å². The minimum atomic E-state index is -0.549. The SMILES string of the molecule is COC(=O)c1ccc(OC(=O)N2C[C@H](c3ccco3)[C@@H](C=O)C2)cc1. The maximum atomic E-state index is 12.3. The van der Waals surface area contributed by atoms with E-state index in [1.165, 1.54) is 36.3 Å². The molecule has 1 fully saturated rings. The van der Waals surface area contributed by atoms with Crippen LogP contribution >= 0.6 is 0 Å². The fourth-order valence-corrected chi connectivity index (χ4v) is 2.86. The largest absolute Gasteiger partial charge is 0.469 e. The third-order valence-corrected chi connectivity index (χ3v) is 4.19. The van der Waals surface area contributed by atoms with Gasteiger partial charge in [-0.2, -0.15) is 0 Å². The number of benzene rings is 1. The van der Waals surface area contributed by atoms with Crippen LogP contribution in [-0.2, 0) is 9.53 Å². The molecule has 1 aromatic heterocycles. The molecule has 2 atom stereocenters. The van der Waals surface area contributed by atoms with Gasteiger partial charge in [-0.3, -0.25) is 0 Å². The van der Waals surface area contributed by atoms with Crippen LogP contribution in [-0.4, -0.2) is 43.4 Å². The van der Waals surface area contributed by atoms with Gasteiger partial charge in [0.1, 0.15) is 17.8 Å². The first kappa shape index (κ1) is 16.8. The summed E-state index contributed by atoms with van der Waals surface area (Å²) < 4.78 is 15.3. The zero-order valence-electron chi connectivity index (χ0n) is 13.6. The Kier molecular flexibility index (Phi) is 4.83. The molecule has 2 heterocycles. The fourth-order valence-electron chi connectivity index (χ4n) is 2.86. The molecular formula is C18H17NO6. The molecule has 0 spiro atoms. The number of likely N-dealkylation sites (tertiary alicyclic amines) is 1. The number of aldehydes is 1. The zero-order valence-corrected chi connectivity index (χ0v) is 13.6. The van der Waals surface area contributed by atoms with Gasteiger partial charge in [0.2, 0.25) is 0 Å². The standard InChI is InChI=1S/C18H17NO6/c1-23-17(21)12-4-6-14(7-5-12)25-18(22)19-9-13(11-20)15(10-19)16-3-2-8-24-16/h2-8,11,13,15H,9-10H2,1H3/t13-,15+/m1/s1. The lowest BCUT2D eigenvalue weighted by molar-refractivity contribution is -0.111. The zero-order chi connectivity index (χ0) is 17.8. The molecule has 1 saturated heterocycles. The number of hydrogen-bond acceptors (Lipinski definition) is 6.